The molecule has 0 amide bonds. The van der Waals surface area contributed by atoms with E-state index < -0.39 is 0 Å². The maximum atomic E-state index is 5.51. The molecule has 82 valence electrons. The number of ether oxygens (including phenoxy) is 2. The van der Waals surface area contributed by atoms with Gasteiger partial charge in [-0.25, -0.2) is 5.01 Å². The lowest BCUT2D eigenvalue weighted by Crippen LogP contribution is -2.55. The second-order valence-corrected chi connectivity index (χ2v) is 3.97. The Morgan fingerprint density at radius 3 is 2.71 bits per heavy atom. The highest BCUT2D eigenvalue weighted by Crippen LogP contribution is 2.23. The number of rotatable bonds is 4. The molecule has 1 N–H and O–H groups in total. The lowest BCUT2D eigenvalue weighted by atomic mass is 9.90. The molecule has 14 heavy (non-hydrogen) atoms. The van der Waals surface area contributed by atoms with Gasteiger partial charge in [0.25, 0.3) is 0 Å². The van der Waals surface area contributed by atoms with Crippen LogP contribution in [-0.4, -0.2) is 50.1 Å². The van der Waals surface area contributed by atoms with Crippen LogP contribution in [0.2, 0.25) is 0 Å². The lowest BCUT2D eigenvalue weighted by Gasteiger charge is -2.40. The molecule has 0 aromatic heterocycles. The Kier molecular flexibility index (Phi) is 3.75. The smallest absolute Gasteiger partial charge is 0.0608 e. The molecule has 0 spiro atoms. The van der Waals surface area contributed by atoms with Gasteiger partial charge >= 0.3 is 0 Å². The third kappa shape index (κ3) is 2.67. The summed E-state index contributed by atoms with van der Waals surface area (Å²) in [6.45, 7) is 6.63. The van der Waals surface area contributed by atoms with Gasteiger partial charge < -0.3 is 9.47 Å². The SMILES string of the molecule is CCOC1CC(NN2CCOCC2)C1. The second-order valence-electron chi connectivity index (χ2n) is 3.97. The van der Waals surface area contributed by atoms with Crippen LogP contribution in [0, 0.1) is 0 Å². The summed E-state index contributed by atoms with van der Waals surface area (Å²) in [6.07, 6.45) is 2.81. The van der Waals surface area contributed by atoms with Crippen LogP contribution in [-0.2, 0) is 9.47 Å². The molecule has 0 aromatic carbocycles. The average molecular weight is 200 g/mol. The quantitative estimate of drug-likeness (QED) is 0.712. The van der Waals surface area contributed by atoms with Crippen molar-refractivity contribution >= 4 is 0 Å². The van der Waals surface area contributed by atoms with E-state index in [9.17, 15) is 0 Å². The fraction of sp³-hybridized carbons (Fsp3) is 1.00. The Labute approximate surface area is 85.5 Å². The molecule has 0 atom stereocenters. The van der Waals surface area contributed by atoms with Gasteiger partial charge in [0.2, 0.25) is 0 Å². The summed E-state index contributed by atoms with van der Waals surface area (Å²) in [6, 6.07) is 0.629. The molecule has 0 radical (unpaired) electrons. The van der Waals surface area contributed by atoms with Crippen molar-refractivity contribution < 1.29 is 9.47 Å². The van der Waals surface area contributed by atoms with Gasteiger partial charge in [-0.2, -0.15) is 0 Å². The van der Waals surface area contributed by atoms with E-state index in [-0.39, 0.29) is 0 Å². The first-order valence-corrected chi connectivity index (χ1v) is 5.59. The van der Waals surface area contributed by atoms with Gasteiger partial charge in [0.05, 0.1) is 19.3 Å². The van der Waals surface area contributed by atoms with Gasteiger partial charge in [0.1, 0.15) is 0 Å². The zero-order valence-electron chi connectivity index (χ0n) is 8.87. The molecule has 1 aliphatic carbocycles. The van der Waals surface area contributed by atoms with Gasteiger partial charge in [-0.1, -0.05) is 0 Å². The van der Waals surface area contributed by atoms with Crippen molar-refractivity contribution in [3.05, 3.63) is 0 Å². The minimum absolute atomic E-state index is 0.499. The molecule has 4 nitrogen and oxygen atoms in total. The first-order chi connectivity index (χ1) is 6.88. The summed E-state index contributed by atoms with van der Waals surface area (Å²) in [5.41, 5.74) is 3.52. The monoisotopic (exact) mass is 200 g/mol. The second kappa shape index (κ2) is 5.07. The number of hydrogen-bond donors (Lipinski definition) is 1. The summed E-state index contributed by atoms with van der Waals surface area (Å²) in [4.78, 5) is 0. The van der Waals surface area contributed by atoms with Crippen molar-refractivity contribution in [1.29, 1.82) is 0 Å². The van der Waals surface area contributed by atoms with Crippen molar-refractivity contribution in [3.63, 3.8) is 0 Å². The Morgan fingerprint density at radius 1 is 1.36 bits per heavy atom. The van der Waals surface area contributed by atoms with Crippen molar-refractivity contribution in [2.75, 3.05) is 32.9 Å². The predicted molar refractivity (Wildman–Crippen MR) is 54.0 cm³/mol. The predicted octanol–water partition coefficient (Wildman–Crippen LogP) is 0.391. The third-order valence-corrected chi connectivity index (χ3v) is 2.87. The molecule has 4 heteroatoms. The molecule has 2 fully saturated rings. The fourth-order valence-corrected chi connectivity index (χ4v) is 1.99. The van der Waals surface area contributed by atoms with E-state index in [1.807, 2.05) is 0 Å². The number of hydrogen-bond acceptors (Lipinski definition) is 4. The first-order valence-electron chi connectivity index (χ1n) is 5.59. The topological polar surface area (TPSA) is 33.7 Å². The zero-order chi connectivity index (χ0) is 9.80. The summed E-state index contributed by atoms with van der Waals surface area (Å²) in [5.74, 6) is 0. The Bertz CT molecular complexity index is 166. The van der Waals surface area contributed by atoms with Gasteiger partial charge in [0.15, 0.2) is 0 Å². The molecule has 2 aliphatic rings. The van der Waals surface area contributed by atoms with Crippen molar-refractivity contribution in [1.82, 2.24) is 10.4 Å². The molecular weight excluding hydrogens is 180 g/mol. The summed E-state index contributed by atoms with van der Waals surface area (Å²) >= 11 is 0. The third-order valence-electron chi connectivity index (χ3n) is 2.87. The van der Waals surface area contributed by atoms with Gasteiger partial charge in [-0.3, -0.25) is 5.43 Å². The van der Waals surface area contributed by atoms with Crippen LogP contribution in [0.5, 0.6) is 0 Å². The minimum Gasteiger partial charge on any atom is -0.379 e. The van der Waals surface area contributed by atoms with Crippen molar-refractivity contribution in [2.45, 2.75) is 31.9 Å². The van der Waals surface area contributed by atoms with Crippen LogP contribution in [0.3, 0.4) is 0 Å². The maximum absolute atomic E-state index is 5.51. The number of morpholine rings is 1. The van der Waals surface area contributed by atoms with E-state index in [2.05, 4.69) is 17.4 Å². The average Bonchev–Trinajstić information content (AvgIpc) is 2.16. The molecule has 1 saturated carbocycles. The number of nitrogens with one attached hydrogen (secondary N) is 1. The molecule has 0 aromatic rings. The molecular formula is C10H20N2O2. The van der Waals surface area contributed by atoms with Crippen LogP contribution in [0.1, 0.15) is 19.8 Å². The van der Waals surface area contributed by atoms with E-state index in [4.69, 9.17) is 9.47 Å². The van der Waals surface area contributed by atoms with E-state index in [1.54, 1.807) is 0 Å². The molecule has 1 aliphatic heterocycles. The Morgan fingerprint density at radius 2 is 2.07 bits per heavy atom. The number of hydrazine groups is 1. The highest BCUT2D eigenvalue weighted by Gasteiger charge is 2.30. The lowest BCUT2D eigenvalue weighted by molar-refractivity contribution is -0.0510. The highest BCUT2D eigenvalue weighted by atomic mass is 16.5. The maximum Gasteiger partial charge on any atom is 0.0608 e. The first kappa shape index (κ1) is 10.4. The minimum atomic E-state index is 0.499. The van der Waals surface area contributed by atoms with Crippen LogP contribution in [0.25, 0.3) is 0 Å². The Hall–Kier alpha value is -0.160. The highest BCUT2D eigenvalue weighted by molar-refractivity contribution is 4.85. The van der Waals surface area contributed by atoms with Gasteiger partial charge in [-0.15, -0.1) is 0 Å². The fourth-order valence-electron chi connectivity index (χ4n) is 1.99. The van der Waals surface area contributed by atoms with E-state index in [0.717, 1.165) is 45.8 Å². The van der Waals surface area contributed by atoms with Crippen molar-refractivity contribution in [3.8, 4) is 0 Å². The Balaban J connectivity index is 1.58. The zero-order valence-corrected chi connectivity index (χ0v) is 8.87. The number of nitrogens with zero attached hydrogens (tertiary/aromatic N) is 1. The molecule has 0 unspecified atom stereocenters. The summed E-state index contributed by atoms with van der Waals surface area (Å²) < 4.78 is 10.8. The van der Waals surface area contributed by atoms with E-state index >= 15 is 0 Å². The van der Waals surface area contributed by atoms with Crippen LogP contribution in [0.15, 0.2) is 0 Å². The standard InChI is InChI=1S/C10H20N2O2/c1-2-14-10-7-9(8-10)11-12-3-5-13-6-4-12/h9-11H,2-8H2,1H3. The molecule has 1 saturated heterocycles. The summed E-state index contributed by atoms with van der Waals surface area (Å²) in [5, 5.41) is 2.27. The van der Waals surface area contributed by atoms with Gasteiger partial charge in [0, 0.05) is 25.7 Å². The molecule has 1 heterocycles. The largest absolute Gasteiger partial charge is 0.379 e. The van der Waals surface area contributed by atoms with Crippen LogP contribution >= 0.6 is 0 Å². The van der Waals surface area contributed by atoms with Crippen LogP contribution < -0.4 is 5.43 Å². The summed E-state index contributed by atoms with van der Waals surface area (Å²) in [7, 11) is 0. The normalized spacial score (nSPS) is 34.1. The van der Waals surface area contributed by atoms with Crippen LogP contribution in [0.4, 0.5) is 0 Å². The van der Waals surface area contributed by atoms with Crippen molar-refractivity contribution in [2.24, 2.45) is 0 Å². The molecule has 0 bridgehead atoms. The molecule has 2 rings (SSSR count). The van der Waals surface area contributed by atoms with E-state index in [0.29, 0.717) is 12.1 Å². The van der Waals surface area contributed by atoms with Gasteiger partial charge in [-0.05, 0) is 19.8 Å². The van der Waals surface area contributed by atoms with E-state index in [1.165, 1.54) is 0 Å².